The van der Waals surface area contributed by atoms with Gasteiger partial charge in [0.25, 0.3) is 11.8 Å². The van der Waals surface area contributed by atoms with Crippen molar-refractivity contribution in [2.45, 2.75) is 26.7 Å². The third-order valence-electron chi connectivity index (χ3n) is 8.31. The van der Waals surface area contributed by atoms with Gasteiger partial charge in [0.15, 0.2) is 0 Å². The van der Waals surface area contributed by atoms with Crippen molar-refractivity contribution in [3.63, 3.8) is 0 Å². The van der Waals surface area contributed by atoms with Crippen LogP contribution in [0, 0.1) is 13.8 Å². The fraction of sp³-hybridized carbons (Fsp3) is 0.158. The minimum Gasteiger partial charge on any atom is -0.550 e. The molecule has 0 aliphatic carbocycles. The molecule has 2 aromatic heterocycles. The third kappa shape index (κ3) is 8.43. The van der Waals surface area contributed by atoms with E-state index in [9.17, 15) is 29.4 Å². The number of carboxylic acids is 2. The molecule has 0 spiro atoms. The maximum absolute atomic E-state index is 13.0. The molecule has 0 atom stereocenters. The Morgan fingerprint density at radius 1 is 0.588 bits per heavy atom. The normalized spacial score (nSPS) is 10.6. The standard InChI is InChI=1S/2C19H16ClNO4.Ca/c2*1-11-15(10-18(22)23)16-9-14(25-2)7-8-17(16)21(11)19(24)12-3-5-13(20)6-4-12;/h2*3-9H,10H2,1-2H3,(H,22,23);/q;;+2/p-2. The van der Waals surface area contributed by atoms with Gasteiger partial charge in [-0.3, -0.25) is 18.7 Å². The molecular weight excluding hydrogens is 723 g/mol. The van der Waals surface area contributed by atoms with E-state index >= 15 is 0 Å². The molecule has 6 rings (SSSR count). The van der Waals surface area contributed by atoms with Crippen LogP contribution in [0.5, 0.6) is 11.5 Å². The smallest absolute Gasteiger partial charge is 0.550 e. The molecule has 0 N–H and O–H groups in total. The molecule has 10 nitrogen and oxygen atoms in total. The van der Waals surface area contributed by atoms with Crippen molar-refractivity contribution in [3.8, 4) is 11.5 Å². The summed E-state index contributed by atoms with van der Waals surface area (Å²) < 4.78 is 13.5. The Kier molecular flexibility index (Phi) is 13.0. The van der Waals surface area contributed by atoms with Gasteiger partial charge in [-0.25, -0.2) is 0 Å². The summed E-state index contributed by atoms with van der Waals surface area (Å²) in [4.78, 5) is 48.3. The zero-order valence-corrected chi connectivity index (χ0v) is 31.8. The van der Waals surface area contributed by atoms with E-state index in [1.165, 1.54) is 23.4 Å². The average molecular weight is 754 g/mol. The second-order valence-corrected chi connectivity index (χ2v) is 12.2. The largest absolute Gasteiger partial charge is 2.00 e. The minimum atomic E-state index is -1.20. The van der Waals surface area contributed by atoms with E-state index < -0.39 is 11.9 Å². The van der Waals surface area contributed by atoms with Crippen LogP contribution in [0.4, 0.5) is 0 Å². The summed E-state index contributed by atoms with van der Waals surface area (Å²) in [6.45, 7) is 3.44. The first-order chi connectivity index (χ1) is 23.8. The summed E-state index contributed by atoms with van der Waals surface area (Å²) in [5.41, 5.74) is 4.36. The van der Waals surface area contributed by atoms with Crippen molar-refractivity contribution in [2.75, 3.05) is 14.2 Å². The van der Waals surface area contributed by atoms with Crippen LogP contribution in [0.1, 0.15) is 43.2 Å². The Morgan fingerprint density at radius 2 is 0.922 bits per heavy atom. The van der Waals surface area contributed by atoms with Crippen LogP contribution < -0.4 is 19.7 Å². The zero-order chi connectivity index (χ0) is 36.3. The van der Waals surface area contributed by atoms with Crippen molar-refractivity contribution in [1.29, 1.82) is 0 Å². The van der Waals surface area contributed by atoms with Crippen molar-refractivity contribution in [3.05, 3.63) is 129 Å². The summed E-state index contributed by atoms with van der Waals surface area (Å²) in [6, 6.07) is 23.5. The summed E-state index contributed by atoms with van der Waals surface area (Å²) >= 11 is 11.8. The van der Waals surface area contributed by atoms with Gasteiger partial charge in [0.1, 0.15) is 11.5 Å². The predicted octanol–water partition coefficient (Wildman–Crippen LogP) is 4.80. The van der Waals surface area contributed by atoms with E-state index in [0.717, 1.165) is 0 Å². The number of carboxylic acid groups (broad SMARTS) is 2. The number of aromatic nitrogens is 2. The first-order valence-corrected chi connectivity index (χ1v) is 16.0. The molecule has 256 valence electrons. The number of fused-ring (bicyclic) bond motifs is 2. The third-order valence-corrected chi connectivity index (χ3v) is 8.82. The summed E-state index contributed by atoms with van der Waals surface area (Å²) in [5, 5.41) is 24.7. The van der Waals surface area contributed by atoms with Crippen LogP contribution in [0.3, 0.4) is 0 Å². The number of halogens is 2. The molecule has 4 aromatic carbocycles. The molecule has 0 fully saturated rings. The van der Waals surface area contributed by atoms with Gasteiger partial charge in [-0.15, -0.1) is 0 Å². The van der Waals surface area contributed by atoms with Gasteiger partial charge in [0, 0.05) is 68.1 Å². The van der Waals surface area contributed by atoms with Crippen molar-refractivity contribution >= 4 is 106 Å². The van der Waals surface area contributed by atoms with Crippen LogP contribution >= 0.6 is 23.2 Å². The zero-order valence-electron chi connectivity index (χ0n) is 28.1. The maximum Gasteiger partial charge on any atom is 2.00 e. The first kappa shape index (κ1) is 39.5. The topological polar surface area (TPSA) is 143 Å². The van der Waals surface area contributed by atoms with Crippen LogP contribution in [0.25, 0.3) is 21.8 Å². The number of rotatable bonds is 8. The number of hydrogen-bond acceptors (Lipinski definition) is 8. The minimum absolute atomic E-state index is 0. The van der Waals surface area contributed by atoms with Gasteiger partial charge in [0.2, 0.25) is 0 Å². The monoisotopic (exact) mass is 752 g/mol. The van der Waals surface area contributed by atoms with E-state index in [2.05, 4.69) is 0 Å². The number of hydrogen-bond donors (Lipinski definition) is 0. The fourth-order valence-corrected chi connectivity index (χ4v) is 6.13. The van der Waals surface area contributed by atoms with Gasteiger partial charge in [-0.05, 0) is 110 Å². The van der Waals surface area contributed by atoms with Crippen LogP contribution in [-0.4, -0.2) is 84.8 Å². The maximum atomic E-state index is 13.0. The number of methoxy groups -OCH3 is 2. The number of carbonyl (C=O) groups excluding carboxylic acids is 4. The molecule has 0 bridgehead atoms. The molecule has 0 aliphatic heterocycles. The molecule has 0 radical (unpaired) electrons. The molecule has 51 heavy (non-hydrogen) atoms. The molecule has 13 heteroatoms. The Morgan fingerprint density at radius 3 is 1.22 bits per heavy atom. The number of benzene rings is 4. The molecule has 0 saturated carbocycles. The molecule has 0 unspecified atom stereocenters. The van der Waals surface area contributed by atoms with Gasteiger partial charge in [0.05, 0.1) is 25.3 Å². The van der Waals surface area contributed by atoms with Crippen LogP contribution in [0.15, 0.2) is 84.9 Å². The first-order valence-electron chi connectivity index (χ1n) is 15.2. The SMILES string of the molecule is COc1ccc2c(c1)c(CC(=O)[O-])c(C)n2C(=O)c1ccc(Cl)cc1.COc1ccc2c(c1)c(CC(=O)[O-])c(C)n2C(=O)c1ccc(Cl)cc1.[Ca+2]. The predicted molar refractivity (Wildman–Crippen MR) is 192 cm³/mol. The average Bonchev–Trinajstić information content (AvgIpc) is 3.52. The molecule has 0 aliphatic rings. The van der Waals surface area contributed by atoms with Crippen molar-refractivity contribution in [2.24, 2.45) is 0 Å². The van der Waals surface area contributed by atoms with Gasteiger partial charge < -0.3 is 29.3 Å². The van der Waals surface area contributed by atoms with Crippen LogP contribution in [0.2, 0.25) is 10.0 Å². The van der Waals surface area contributed by atoms with E-state index in [-0.39, 0.29) is 62.4 Å². The Labute approximate surface area is 333 Å². The second-order valence-electron chi connectivity index (χ2n) is 11.3. The molecule has 0 amide bonds. The number of aliphatic carboxylic acids is 2. The van der Waals surface area contributed by atoms with E-state index in [1.54, 1.807) is 98.8 Å². The van der Waals surface area contributed by atoms with Gasteiger partial charge >= 0.3 is 37.7 Å². The number of ether oxygens (including phenoxy) is 2. The molecule has 6 aromatic rings. The Balaban J connectivity index is 0.000000224. The van der Waals surface area contributed by atoms with E-state index in [0.29, 0.717) is 77.0 Å². The van der Waals surface area contributed by atoms with E-state index in [1.807, 2.05) is 0 Å². The summed E-state index contributed by atoms with van der Waals surface area (Å²) in [7, 11) is 3.06. The van der Waals surface area contributed by atoms with Crippen molar-refractivity contribution in [1.82, 2.24) is 9.13 Å². The quantitative estimate of drug-likeness (QED) is 0.202. The van der Waals surface area contributed by atoms with Gasteiger partial charge in [-0.2, -0.15) is 0 Å². The second kappa shape index (κ2) is 16.8. The fourth-order valence-electron chi connectivity index (χ4n) is 5.88. The Bertz CT molecular complexity index is 2120. The van der Waals surface area contributed by atoms with Gasteiger partial charge in [-0.1, -0.05) is 23.2 Å². The van der Waals surface area contributed by atoms with Crippen LogP contribution in [-0.2, 0) is 22.4 Å². The Hall–Kier alpha value is -4.32. The summed E-state index contributed by atoms with van der Waals surface area (Å²) in [5.74, 6) is -1.75. The summed E-state index contributed by atoms with van der Waals surface area (Å²) in [6.07, 6.45) is -0.563. The molecular formula is C38H30CaCl2N2O8. The molecule has 0 saturated heterocycles. The van der Waals surface area contributed by atoms with Crippen molar-refractivity contribution < 1.29 is 38.9 Å². The molecule has 2 heterocycles. The number of carbonyl (C=O) groups is 4. The number of nitrogens with zero attached hydrogens (tertiary/aromatic N) is 2. The van der Waals surface area contributed by atoms with E-state index in [4.69, 9.17) is 32.7 Å².